The molecule has 0 radical (unpaired) electrons. The fourth-order valence-electron chi connectivity index (χ4n) is 3.60. The molecule has 0 atom stereocenters. The normalized spacial score (nSPS) is 15.4. The summed E-state index contributed by atoms with van der Waals surface area (Å²) in [5, 5.41) is 14.5. The zero-order valence-electron chi connectivity index (χ0n) is 13.7. The van der Waals surface area contributed by atoms with Crippen molar-refractivity contribution < 1.29 is 0 Å². The van der Waals surface area contributed by atoms with E-state index >= 15 is 0 Å². The maximum absolute atomic E-state index is 4.79. The van der Waals surface area contributed by atoms with E-state index in [0.29, 0.717) is 12.5 Å². The Labute approximate surface area is 149 Å². The molecule has 1 aliphatic carbocycles. The van der Waals surface area contributed by atoms with Gasteiger partial charge in [0.15, 0.2) is 5.82 Å². The van der Waals surface area contributed by atoms with Crippen molar-refractivity contribution in [3.05, 3.63) is 53.6 Å². The summed E-state index contributed by atoms with van der Waals surface area (Å²) in [5.41, 5.74) is 1.11. The van der Waals surface area contributed by atoms with E-state index in [-0.39, 0.29) is 0 Å². The minimum atomic E-state index is 0.512. The van der Waals surface area contributed by atoms with Gasteiger partial charge < -0.3 is 4.57 Å². The van der Waals surface area contributed by atoms with Gasteiger partial charge in [-0.05, 0) is 12.8 Å². The fraction of sp³-hybridized carbons (Fsp3) is 0.333. The van der Waals surface area contributed by atoms with Gasteiger partial charge in [0.1, 0.15) is 10.8 Å². The first kappa shape index (κ1) is 14.8. The Hall–Kier alpha value is -2.54. The number of benzene rings is 1. The van der Waals surface area contributed by atoms with Crippen LogP contribution in [0.15, 0.2) is 42.7 Å². The molecule has 0 saturated heterocycles. The molecule has 25 heavy (non-hydrogen) atoms. The van der Waals surface area contributed by atoms with Crippen molar-refractivity contribution >= 4 is 16.3 Å². The third-order valence-corrected chi connectivity index (χ3v) is 5.71. The van der Waals surface area contributed by atoms with Gasteiger partial charge in [-0.1, -0.05) is 54.5 Å². The largest absolute Gasteiger partial charge is 0.324 e. The van der Waals surface area contributed by atoms with Gasteiger partial charge in [-0.15, -0.1) is 10.2 Å². The second-order valence-corrected chi connectivity index (χ2v) is 7.52. The third kappa shape index (κ3) is 2.64. The Morgan fingerprint density at radius 2 is 1.92 bits per heavy atom. The Bertz CT molecular complexity index is 993. The van der Waals surface area contributed by atoms with Crippen molar-refractivity contribution in [2.75, 3.05) is 0 Å². The van der Waals surface area contributed by atoms with Gasteiger partial charge in [0.25, 0.3) is 0 Å². The summed E-state index contributed by atoms with van der Waals surface area (Å²) in [6, 6.07) is 10.2. The van der Waals surface area contributed by atoms with Crippen molar-refractivity contribution in [1.29, 1.82) is 0 Å². The number of hydrogen-bond donors (Lipinski definition) is 0. The van der Waals surface area contributed by atoms with Crippen molar-refractivity contribution in [2.24, 2.45) is 0 Å². The molecule has 5 rings (SSSR count). The van der Waals surface area contributed by atoms with Crippen LogP contribution in [0.5, 0.6) is 0 Å². The van der Waals surface area contributed by atoms with E-state index in [2.05, 4.69) is 31.9 Å². The summed E-state index contributed by atoms with van der Waals surface area (Å²) in [7, 11) is 0. The van der Waals surface area contributed by atoms with E-state index in [0.717, 1.165) is 27.2 Å². The van der Waals surface area contributed by atoms with Crippen LogP contribution in [0, 0.1) is 0 Å². The van der Waals surface area contributed by atoms with Crippen LogP contribution >= 0.6 is 11.3 Å². The van der Waals surface area contributed by atoms with Crippen LogP contribution in [-0.2, 0) is 6.54 Å². The van der Waals surface area contributed by atoms with E-state index in [1.165, 1.54) is 25.7 Å². The third-order valence-electron chi connectivity index (χ3n) is 4.83. The first-order chi connectivity index (χ1) is 12.4. The Kier molecular flexibility index (Phi) is 3.59. The van der Waals surface area contributed by atoms with Crippen LogP contribution in [0.4, 0.5) is 0 Å². The second-order valence-electron chi connectivity index (χ2n) is 6.47. The molecule has 1 aromatic carbocycles. The SMILES string of the molecule is c1ccc(-c2nccn2Cc2nn3c(C4CCCC4)nnc3s2)cc1. The van der Waals surface area contributed by atoms with Crippen LogP contribution in [0.3, 0.4) is 0 Å². The lowest BCUT2D eigenvalue weighted by Gasteiger charge is -2.06. The number of fused-ring (bicyclic) bond motifs is 1. The average Bonchev–Trinajstić information content (AvgIpc) is 3.40. The molecule has 3 aromatic heterocycles. The van der Waals surface area contributed by atoms with Crippen molar-refractivity contribution in [3.63, 3.8) is 0 Å². The number of aromatic nitrogens is 6. The predicted molar refractivity (Wildman–Crippen MR) is 96.6 cm³/mol. The first-order valence-electron chi connectivity index (χ1n) is 8.66. The lowest BCUT2D eigenvalue weighted by molar-refractivity contribution is 0.634. The van der Waals surface area contributed by atoms with Gasteiger partial charge in [-0.25, -0.2) is 4.98 Å². The summed E-state index contributed by atoms with van der Waals surface area (Å²) in [5.74, 6) is 2.50. The predicted octanol–water partition coefficient (Wildman–Crippen LogP) is 3.76. The van der Waals surface area contributed by atoms with Gasteiger partial charge >= 0.3 is 0 Å². The molecule has 0 bridgehead atoms. The molecule has 4 aromatic rings. The lowest BCUT2D eigenvalue weighted by Crippen LogP contribution is -2.04. The van der Waals surface area contributed by atoms with E-state index in [1.807, 2.05) is 35.1 Å². The summed E-state index contributed by atoms with van der Waals surface area (Å²) in [4.78, 5) is 5.40. The van der Waals surface area contributed by atoms with E-state index < -0.39 is 0 Å². The molecule has 7 heteroatoms. The zero-order chi connectivity index (χ0) is 16.6. The highest BCUT2D eigenvalue weighted by Crippen LogP contribution is 2.33. The van der Waals surface area contributed by atoms with Crippen molar-refractivity contribution in [1.82, 2.24) is 29.4 Å². The highest BCUT2D eigenvalue weighted by atomic mass is 32.1. The Morgan fingerprint density at radius 1 is 1.08 bits per heavy atom. The highest BCUT2D eigenvalue weighted by Gasteiger charge is 2.24. The fourth-order valence-corrected chi connectivity index (χ4v) is 4.44. The molecular weight excluding hydrogens is 332 g/mol. The van der Waals surface area contributed by atoms with Gasteiger partial charge in [0, 0.05) is 23.9 Å². The van der Waals surface area contributed by atoms with Gasteiger partial charge in [0.2, 0.25) is 4.96 Å². The molecule has 1 saturated carbocycles. The van der Waals surface area contributed by atoms with Crippen molar-refractivity contribution in [3.8, 4) is 11.4 Å². The minimum absolute atomic E-state index is 0.512. The van der Waals surface area contributed by atoms with Crippen LogP contribution in [0.1, 0.15) is 42.4 Å². The molecule has 0 unspecified atom stereocenters. The van der Waals surface area contributed by atoms with Crippen LogP contribution in [0.25, 0.3) is 16.3 Å². The van der Waals surface area contributed by atoms with Gasteiger partial charge in [-0.3, -0.25) is 0 Å². The molecule has 0 spiro atoms. The maximum Gasteiger partial charge on any atom is 0.234 e. The van der Waals surface area contributed by atoms with Crippen LogP contribution < -0.4 is 0 Å². The van der Waals surface area contributed by atoms with Crippen LogP contribution in [0.2, 0.25) is 0 Å². The van der Waals surface area contributed by atoms with E-state index in [1.54, 1.807) is 11.3 Å². The number of hydrogen-bond acceptors (Lipinski definition) is 5. The summed E-state index contributed by atoms with van der Waals surface area (Å²) in [6.07, 6.45) is 8.81. The molecule has 0 aliphatic heterocycles. The Balaban J connectivity index is 1.46. The minimum Gasteiger partial charge on any atom is -0.324 e. The monoisotopic (exact) mass is 350 g/mol. The van der Waals surface area contributed by atoms with Gasteiger partial charge in [0.05, 0.1) is 6.54 Å². The molecule has 6 nitrogen and oxygen atoms in total. The number of rotatable bonds is 4. The molecular formula is C18H18N6S. The van der Waals surface area contributed by atoms with Crippen LogP contribution in [-0.4, -0.2) is 29.4 Å². The number of imidazole rings is 1. The standard InChI is InChI=1S/C18H18N6S/c1-2-6-13(7-3-1)16-19-10-11-23(16)12-15-22-24-17(14-8-4-5-9-14)20-21-18(24)25-15/h1-3,6-7,10-11,14H,4-5,8-9,12H2. The second kappa shape index (κ2) is 6.07. The summed E-state index contributed by atoms with van der Waals surface area (Å²) in [6.45, 7) is 0.697. The maximum atomic E-state index is 4.79. The molecule has 0 amide bonds. The van der Waals surface area contributed by atoms with E-state index in [9.17, 15) is 0 Å². The smallest absolute Gasteiger partial charge is 0.234 e. The average molecular weight is 350 g/mol. The molecule has 126 valence electrons. The van der Waals surface area contributed by atoms with E-state index in [4.69, 9.17) is 5.10 Å². The number of nitrogens with zero attached hydrogens (tertiary/aromatic N) is 6. The first-order valence-corrected chi connectivity index (χ1v) is 9.48. The highest BCUT2D eigenvalue weighted by molar-refractivity contribution is 7.16. The topological polar surface area (TPSA) is 60.9 Å². The van der Waals surface area contributed by atoms with Crippen molar-refractivity contribution in [2.45, 2.75) is 38.1 Å². The Morgan fingerprint density at radius 3 is 2.76 bits per heavy atom. The summed E-state index contributed by atoms with van der Waals surface area (Å²) < 4.78 is 4.09. The summed E-state index contributed by atoms with van der Waals surface area (Å²) >= 11 is 1.61. The lowest BCUT2D eigenvalue weighted by atomic mass is 10.1. The molecule has 1 fully saturated rings. The quantitative estimate of drug-likeness (QED) is 0.562. The molecule has 1 aliphatic rings. The molecule has 3 heterocycles. The van der Waals surface area contributed by atoms with Gasteiger partial charge in [-0.2, -0.15) is 9.61 Å². The zero-order valence-corrected chi connectivity index (χ0v) is 14.6. The molecule has 0 N–H and O–H groups in total.